The van der Waals surface area contributed by atoms with Crippen molar-refractivity contribution in [3.8, 4) is 48.8 Å². The van der Waals surface area contributed by atoms with Gasteiger partial charge in [-0.3, -0.25) is 0 Å². The van der Waals surface area contributed by atoms with E-state index in [-0.39, 0.29) is 0 Å². The zero-order valence-electron chi connectivity index (χ0n) is 39.0. The van der Waals surface area contributed by atoms with Crippen molar-refractivity contribution in [2.75, 3.05) is 0 Å². The third kappa shape index (κ3) is 15.1. The average molecular weight is 944 g/mol. The van der Waals surface area contributed by atoms with Gasteiger partial charge in [0.25, 0.3) is 0 Å². The van der Waals surface area contributed by atoms with Crippen LogP contribution in [0.4, 0.5) is 0 Å². The smallest absolute Gasteiger partial charge is 0.0481 e. The maximum Gasteiger partial charge on any atom is 0.0481 e. The molecule has 0 aromatic carbocycles. The molecular weight excluding hydrogens is 865 g/mol. The predicted molar refractivity (Wildman–Crippen MR) is 289 cm³/mol. The molecule has 0 radical (unpaired) electrons. The quantitative estimate of drug-likeness (QED) is 0.0361. The van der Waals surface area contributed by atoms with Crippen molar-refractivity contribution in [1.82, 2.24) is 0 Å². The lowest BCUT2D eigenvalue weighted by Gasteiger charge is -2.04. The Morgan fingerprint density at radius 2 is 0.565 bits per heavy atom. The zero-order chi connectivity index (χ0) is 43.2. The maximum absolute atomic E-state index is 2.62. The minimum Gasteiger partial charge on any atom is -0.143 e. The Labute approximate surface area is 402 Å². The van der Waals surface area contributed by atoms with Crippen LogP contribution in [0.1, 0.15) is 204 Å². The first kappa shape index (κ1) is 49.6. The van der Waals surface area contributed by atoms with Gasteiger partial charge in [-0.25, -0.2) is 0 Å². The standard InChI is InChI=1S/C56H78S6/c1-5-9-13-17-21-25-29-43-37-39-57-53(43)47-33-35-49(59-47)55-45(31-27-23-19-15-11-7-3)41-51(61-55)52-42-46(32-28-24-20-16-12-8-4)56(62-52)50-36-34-48(60-50)54-44(38-40-58-54)30-26-22-18-14-10-6-2/h33-42H,5-32H2,1-4H3. The fraction of sp³-hybridized carbons (Fsp3) is 0.571. The van der Waals surface area contributed by atoms with Crippen molar-refractivity contribution in [2.24, 2.45) is 0 Å². The first-order valence-electron chi connectivity index (χ1n) is 25.2. The zero-order valence-corrected chi connectivity index (χ0v) is 43.9. The highest BCUT2D eigenvalue weighted by molar-refractivity contribution is 7.30. The second-order valence-electron chi connectivity index (χ2n) is 17.9. The van der Waals surface area contributed by atoms with Crippen LogP contribution in [0, 0.1) is 0 Å². The first-order valence-corrected chi connectivity index (χ1v) is 30.3. The molecule has 6 heteroatoms. The molecule has 6 rings (SSSR count). The van der Waals surface area contributed by atoms with E-state index in [0.29, 0.717) is 0 Å². The Morgan fingerprint density at radius 1 is 0.274 bits per heavy atom. The topological polar surface area (TPSA) is 0 Å². The molecule has 0 aliphatic rings. The number of unbranched alkanes of at least 4 members (excludes halogenated alkanes) is 20. The Kier molecular flexibility index (Phi) is 22.6. The van der Waals surface area contributed by atoms with E-state index < -0.39 is 0 Å². The monoisotopic (exact) mass is 942 g/mol. The molecule has 6 aromatic rings. The van der Waals surface area contributed by atoms with E-state index in [4.69, 9.17) is 0 Å². The number of rotatable bonds is 33. The molecule has 0 atom stereocenters. The average Bonchev–Trinajstić information content (AvgIpc) is 4.14. The van der Waals surface area contributed by atoms with E-state index in [9.17, 15) is 0 Å². The summed E-state index contributed by atoms with van der Waals surface area (Å²) in [5, 5.41) is 4.66. The first-order chi connectivity index (χ1) is 30.6. The van der Waals surface area contributed by atoms with Crippen LogP contribution in [0.25, 0.3) is 48.8 Å². The lowest BCUT2D eigenvalue weighted by Crippen LogP contribution is -1.86. The second kappa shape index (κ2) is 28.3. The van der Waals surface area contributed by atoms with Crippen LogP contribution in [0.5, 0.6) is 0 Å². The molecule has 0 nitrogen and oxygen atoms in total. The van der Waals surface area contributed by atoms with Gasteiger partial charge in [0.15, 0.2) is 0 Å². The van der Waals surface area contributed by atoms with Crippen molar-refractivity contribution in [3.63, 3.8) is 0 Å². The van der Waals surface area contributed by atoms with E-state index in [0.717, 1.165) is 0 Å². The molecule has 0 spiro atoms. The van der Waals surface area contributed by atoms with E-state index in [1.807, 2.05) is 45.3 Å². The van der Waals surface area contributed by atoms with E-state index >= 15 is 0 Å². The van der Waals surface area contributed by atoms with Gasteiger partial charge in [0.1, 0.15) is 0 Å². The Hall–Kier alpha value is -1.80. The molecule has 0 bridgehead atoms. The minimum atomic E-state index is 1.19. The number of thiophene rings is 6. The van der Waals surface area contributed by atoms with Crippen molar-refractivity contribution in [1.29, 1.82) is 0 Å². The summed E-state index contributed by atoms with van der Waals surface area (Å²) < 4.78 is 0. The molecule has 0 unspecified atom stereocenters. The van der Waals surface area contributed by atoms with Crippen LogP contribution in [-0.4, -0.2) is 0 Å². The summed E-state index contributed by atoms with van der Waals surface area (Å²) in [5.41, 5.74) is 6.28. The third-order valence-corrected chi connectivity index (χ3v) is 20.0. The summed E-state index contributed by atoms with van der Waals surface area (Å²) in [5.74, 6) is 0. The van der Waals surface area contributed by atoms with Crippen molar-refractivity contribution in [2.45, 2.75) is 207 Å². The summed E-state index contributed by atoms with van der Waals surface area (Å²) >= 11 is 12.1. The van der Waals surface area contributed by atoms with Crippen LogP contribution in [-0.2, 0) is 25.7 Å². The Morgan fingerprint density at radius 3 is 0.903 bits per heavy atom. The predicted octanol–water partition coefficient (Wildman–Crippen LogP) is 22.0. The summed E-state index contributed by atoms with van der Waals surface area (Å²) in [7, 11) is 0. The normalized spacial score (nSPS) is 11.7. The third-order valence-electron chi connectivity index (χ3n) is 12.7. The maximum atomic E-state index is 2.62. The second-order valence-corrected chi connectivity index (χ2v) is 24.0. The summed E-state index contributed by atoms with van der Waals surface area (Å²) in [4.78, 5) is 14.9. The molecule has 0 aliphatic carbocycles. The lowest BCUT2D eigenvalue weighted by atomic mass is 10.0. The highest BCUT2D eigenvalue weighted by Crippen LogP contribution is 2.50. The van der Waals surface area contributed by atoms with E-state index in [1.165, 1.54) is 229 Å². The van der Waals surface area contributed by atoms with Crippen molar-refractivity contribution in [3.05, 3.63) is 81.5 Å². The van der Waals surface area contributed by atoms with Gasteiger partial charge in [-0.2, -0.15) is 0 Å². The molecule has 0 saturated heterocycles. The van der Waals surface area contributed by atoms with Gasteiger partial charge < -0.3 is 0 Å². The lowest BCUT2D eigenvalue weighted by molar-refractivity contribution is 0.608. The fourth-order valence-electron chi connectivity index (χ4n) is 8.93. The molecule has 0 aliphatic heterocycles. The number of hydrogen-bond donors (Lipinski definition) is 0. The van der Waals surface area contributed by atoms with Gasteiger partial charge in [-0.05, 0) is 133 Å². The Balaban J connectivity index is 1.25. The molecule has 0 N–H and O–H groups in total. The molecule has 338 valence electrons. The molecule has 0 amide bonds. The van der Waals surface area contributed by atoms with Crippen LogP contribution in [0.15, 0.2) is 59.3 Å². The van der Waals surface area contributed by atoms with Crippen molar-refractivity contribution >= 4 is 68.0 Å². The van der Waals surface area contributed by atoms with Crippen LogP contribution in [0.3, 0.4) is 0 Å². The molecule has 62 heavy (non-hydrogen) atoms. The van der Waals surface area contributed by atoms with Gasteiger partial charge in [-0.15, -0.1) is 68.0 Å². The van der Waals surface area contributed by atoms with Gasteiger partial charge >= 0.3 is 0 Å². The van der Waals surface area contributed by atoms with Crippen LogP contribution >= 0.6 is 68.0 Å². The fourth-order valence-corrected chi connectivity index (χ4v) is 16.0. The molecule has 0 saturated carbocycles. The summed E-state index contributed by atoms with van der Waals surface area (Å²) in [6, 6.07) is 19.8. The molecule has 6 heterocycles. The largest absolute Gasteiger partial charge is 0.143 e. The van der Waals surface area contributed by atoms with Crippen molar-refractivity contribution < 1.29 is 0 Å². The van der Waals surface area contributed by atoms with Gasteiger partial charge in [0.2, 0.25) is 0 Å². The Bertz CT molecular complexity index is 1940. The highest BCUT2D eigenvalue weighted by atomic mass is 32.1. The van der Waals surface area contributed by atoms with Gasteiger partial charge in [-0.1, -0.05) is 156 Å². The van der Waals surface area contributed by atoms with E-state index in [1.54, 1.807) is 22.3 Å². The number of hydrogen-bond acceptors (Lipinski definition) is 6. The van der Waals surface area contributed by atoms with Gasteiger partial charge in [0, 0.05) is 48.8 Å². The SMILES string of the molecule is CCCCCCCCc1ccsc1-c1ccc(-c2sc(-c3cc(CCCCCCCC)c(-c4ccc(-c5sccc5CCCCCCCC)s4)s3)cc2CCCCCCCC)s1. The molecule has 6 aromatic heterocycles. The summed E-state index contributed by atoms with van der Waals surface area (Å²) in [6.07, 6.45) is 37.2. The molecule has 0 fully saturated rings. The molecular formula is C56H78S6. The van der Waals surface area contributed by atoms with Crippen LogP contribution in [0.2, 0.25) is 0 Å². The van der Waals surface area contributed by atoms with Crippen LogP contribution < -0.4 is 0 Å². The number of aryl methyl sites for hydroxylation is 4. The highest BCUT2D eigenvalue weighted by Gasteiger charge is 2.21. The minimum absolute atomic E-state index is 1.19. The van der Waals surface area contributed by atoms with Gasteiger partial charge in [0.05, 0.1) is 0 Å². The summed E-state index contributed by atoms with van der Waals surface area (Å²) in [6.45, 7) is 9.27. The van der Waals surface area contributed by atoms with E-state index in [2.05, 4.69) is 110 Å².